The highest BCUT2D eigenvalue weighted by Crippen LogP contribution is 2.23. The molecule has 0 spiro atoms. The number of hydrogen-bond acceptors (Lipinski definition) is 3. The van der Waals surface area contributed by atoms with Crippen molar-refractivity contribution >= 4 is 42.0 Å². The van der Waals surface area contributed by atoms with Crippen molar-refractivity contribution in [2.75, 3.05) is 0 Å². The van der Waals surface area contributed by atoms with E-state index in [4.69, 9.17) is 0 Å². The summed E-state index contributed by atoms with van der Waals surface area (Å²) in [5.74, 6) is 0. The molecule has 1 aromatic carbocycles. The number of benzene rings is 1. The lowest BCUT2D eigenvalue weighted by Crippen LogP contribution is -2.04. The van der Waals surface area contributed by atoms with E-state index in [9.17, 15) is 13.0 Å². The van der Waals surface area contributed by atoms with Gasteiger partial charge in [0.2, 0.25) is 0 Å². The van der Waals surface area contributed by atoms with Gasteiger partial charge >= 0.3 is 0 Å². The predicted molar refractivity (Wildman–Crippen MR) is 59.7 cm³/mol. The highest BCUT2D eigenvalue weighted by Gasteiger charge is 2.10. The van der Waals surface area contributed by atoms with E-state index in [-0.39, 0.29) is 4.90 Å². The van der Waals surface area contributed by atoms with Crippen LogP contribution in [-0.2, 0) is 20.8 Å². The summed E-state index contributed by atoms with van der Waals surface area (Å²) in [6.07, 6.45) is 0. The van der Waals surface area contributed by atoms with Gasteiger partial charge in [0.25, 0.3) is 0 Å². The van der Waals surface area contributed by atoms with Crippen molar-refractivity contribution in [2.24, 2.45) is 0 Å². The van der Waals surface area contributed by atoms with Crippen LogP contribution in [0.3, 0.4) is 0 Å². The Bertz CT molecular complexity index is 428. The zero-order valence-electron chi connectivity index (χ0n) is 7.04. The second-order valence-corrected chi connectivity index (χ2v) is 5.08. The normalized spacial score (nSPS) is 11.6. The smallest absolute Gasteiger partial charge is 0.124 e. The van der Waals surface area contributed by atoms with Gasteiger partial charge in [-0.3, -0.25) is 0 Å². The average molecular weight is 343 g/mol. The molecule has 0 bridgehead atoms. The van der Waals surface area contributed by atoms with E-state index in [1.807, 2.05) is 0 Å². The van der Waals surface area contributed by atoms with Crippen LogP contribution in [0, 0.1) is 0 Å². The van der Waals surface area contributed by atoms with Crippen molar-refractivity contribution in [2.45, 2.75) is 15.6 Å². The van der Waals surface area contributed by atoms with E-state index in [0.29, 0.717) is 16.2 Å². The lowest BCUT2D eigenvalue weighted by Gasteiger charge is -2.13. The minimum absolute atomic E-state index is 0.147. The molecule has 14 heavy (non-hydrogen) atoms. The molecular weight excluding hydrogens is 336 g/mol. The molecule has 0 aromatic heterocycles. The van der Waals surface area contributed by atoms with Crippen molar-refractivity contribution in [1.29, 1.82) is 0 Å². The summed E-state index contributed by atoms with van der Waals surface area (Å²) in [4.78, 5) is -0.147. The Morgan fingerprint density at radius 1 is 1.21 bits per heavy atom. The molecule has 0 unspecified atom stereocenters. The summed E-state index contributed by atoms with van der Waals surface area (Å²) < 4.78 is 32.7. The maximum atomic E-state index is 10.9. The van der Waals surface area contributed by atoms with Gasteiger partial charge in [-0.1, -0.05) is 44.0 Å². The maximum Gasteiger partial charge on any atom is 0.124 e. The van der Waals surface area contributed by atoms with Crippen molar-refractivity contribution in [3.63, 3.8) is 0 Å². The molecule has 0 heterocycles. The fourth-order valence-electron chi connectivity index (χ4n) is 1.12. The van der Waals surface area contributed by atoms with Crippen LogP contribution in [0.15, 0.2) is 23.1 Å². The Labute approximate surface area is 99.5 Å². The van der Waals surface area contributed by atoms with Gasteiger partial charge in [-0.05, 0) is 17.2 Å². The summed E-state index contributed by atoms with van der Waals surface area (Å²) in [5, 5.41) is 0.878. The van der Waals surface area contributed by atoms with E-state index in [0.717, 1.165) is 5.56 Å². The van der Waals surface area contributed by atoms with E-state index in [1.165, 1.54) is 6.07 Å². The zero-order chi connectivity index (χ0) is 10.8. The summed E-state index contributed by atoms with van der Waals surface area (Å²) in [5.41, 5.74) is 1.33. The van der Waals surface area contributed by atoms with Crippen molar-refractivity contribution < 1.29 is 13.0 Å². The first-order valence-electron chi connectivity index (χ1n) is 3.69. The van der Waals surface area contributed by atoms with Gasteiger partial charge in [-0.25, -0.2) is 8.42 Å². The van der Waals surface area contributed by atoms with Crippen LogP contribution in [-0.4, -0.2) is 13.0 Å². The van der Waals surface area contributed by atoms with E-state index >= 15 is 0 Å². The molecule has 0 fully saturated rings. The summed E-state index contributed by atoms with van der Waals surface area (Å²) in [6, 6.07) is 4.67. The van der Waals surface area contributed by atoms with Crippen LogP contribution in [0.5, 0.6) is 0 Å². The standard InChI is InChI=1S/C8H8Br2O3S/c9-4-6-2-1-3-8(7(6)5-10)14(11,12)13/h1-3H,4-5H2,(H,11,12,13)/p-1. The minimum atomic E-state index is -4.38. The Morgan fingerprint density at radius 3 is 2.29 bits per heavy atom. The highest BCUT2D eigenvalue weighted by molar-refractivity contribution is 9.09. The third-order valence-electron chi connectivity index (χ3n) is 1.78. The van der Waals surface area contributed by atoms with Gasteiger partial charge in [0.15, 0.2) is 0 Å². The van der Waals surface area contributed by atoms with Gasteiger partial charge in [-0.15, -0.1) is 0 Å². The monoisotopic (exact) mass is 341 g/mol. The molecule has 3 nitrogen and oxygen atoms in total. The van der Waals surface area contributed by atoms with Gasteiger partial charge in [0, 0.05) is 10.7 Å². The second kappa shape index (κ2) is 4.74. The van der Waals surface area contributed by atoms with Crippen LogP contribution in [0.25, 0.3) is 0 Å². The molecule has 0 saturated carbocycles. The van der Waals surface area contributed by atoms with Crippen LogP contribution in [0.2, 0.25) is 0 Å². The number of rotatable bonds is 3. The topological polar surface area (TPSA) is 57.2 Å². The third-order valence-corrected chi connectivity index (χ3v) is 3.86. The lowest BCUT2D eigenvalue weighted by atomic mass is 10.1. The largest absolute Gasteiger partial charge is 0.744 e. The molecule has 1 rings (SSSR count). The number of hydrogen-bond donors (Lipinski definition) is 0. The van der Waals surface area contributed by atoms with Crippen LogP contribution < -0.4 is 0 Å². The average Bonchev–Trinajstić information content (AvgIpc) is 2.15. The van der Waals surface area contributed by atoms with Crippen molar-refractivity contribution in [3.8, 4) is 0 Å². The maximum absolute atomic E-state index is 10.9. The number of alkyl halides is 2. The molecule has 0 N–H and O–H groups in total. The molecule has 0 atom stereocenters. The molecule has 0 radical (unpaired) electrons. The van der Waals surface area contributed by atoms with Crippen molar-refractivity contribution in [3.05, 3.63) is 29.3 Å². The molecule has 1 aromatic rings. The quantitative estimate of drug-likeness (QED) is 0.626. The Kier molecular flexibility index (Phi) is 4.12. The zero-order valence-corrected chi connectivity index (χ0v) is 11.0. The number of halogens is 2. The first kappa shape index (κ1) is 12.2. The molecule has 78 valence electrons. The first-order chi connectivity index (χ1) is 6.50. The van der Waals surface area contributed by atoms with Gasteiger partial charge < -0.3 is 4.55 Å². The molecular formula is C8H7Br2O3S-. The second-order valence-electron chi connectivity index (χ2n) is 2.62. The van der Waals surface area contributed by atoms with Crippen LogP contribution in [0.4, 0.5) is 0 Å². The fraction of sp³-hybridized carbons (Fsp3) is 0.250. The lowest BCUT2D eigenvalue weighted by molar-refractivity contribution is 0.462. The van der Waals surface area contributed by atoms with E-state index in [2.05, 4.69) is 31.9 Å². The Balaban J connectivity index is 3.45. The molecule has 0 aliphatic heterocycles. The summed E-state index contributed by atoms with van der Waals surface area (Å²) in [6.45, 7) is 0. The predicted octanol–water partition coefficient (Wildman–Crippen LogP) is 2.38. The summed E-state index contributed by atoms with van der Waals surface area (Å²) in [7, 11) is -4.38. The minimum Gasteiger partial charge on any atom is -0.744 e. The molecule has 0 amide bonds. The fourth-order valence-corrected chi connectivity index (χ4v) is 3.25. The third kappa shape index (κ3) is 2.56. The van der Waals surface area contributed by atoms with E-state index in [1.54, 1.807) is 12.1 Å². The SMILES string of the molecule is O=S(=O)([O-])c1cccc(CBr)c1CBr. The van der Waals surface area contributed by atoms with Crippen molar-refractivity contribution in [1.82, 2.24) is 0 Å². The highest BCUT2D eigenvalue weighted by atomic mass is 79.9. The van der Waals surface area contributed by atoms with Gasteiger partial charge in [0.1, 0.15) is 10.1 Å². The van der Waals surface area contributed by atoms with Crippen LogP contribution in [0.1, 0.15) is 11.1 Å². The Hall–Kier alpha value is 0.0900. The molecule has 6 heteroatoms. The van der Waals surface area contributed by atoms with Gasteiger partial charge in [-0.2, -0.15) is 0 Å². The van der Waals surface area contributed by atoms with Crippen LogP contribution >= 0.6 is 31.9 Å². The molecule has 0 saturated heterocycles. The van der Waals surface area contributed by atoms with Gasteiger partial charge in [0.05, 0.1) is 4.90 Å². The summed E-state index contributed by atoms with van der Waals surface area (Å²) >= 11 is 6.40. The molecule has 0 aliphatic carbocycles. The Morgan fingerprint density at radius 2 is 1.86 bits per heavy atom. The first-order valence-corrected chi connectivity index (χ1v) is 7.34. The van der Waals surface area contributed by atoms with E-state index < -0.39 is 10.1 Å². The molecule has 0 aliphatic rings.